The molecule has 1 aromatic heterocycles. The van der Waals surface area contributed by atoms with Gasteiger partial charge in [0.15, 0.2) is 23.1 Å². The molecule has 314 valence electrons. The van der Waals surface area contributed by atoms with Crippen LogP contribution >= 0.6 is 23.2 Å². The Labute approximate surface area is 361 Å². The number of nitrogens with zero attached hydrogens (tertiary/aromatic N) is 3. The Morgan fingerprint density at radius 2 is 1.56 bits per heavy atom. The fraction of sp³-hybridized carbons (Fsp3) is 0.217. The number of hydrogen-bond donors (Lipinski definition) is 2. The van der Waals surface area contributed by atoms with Crippen LogP contribution in [-0.4, -0.2) is 51.6 Å². The van der Waals surface area contributed by atoms with Gasteiger partial charge >= 0.3 is 6.18 Å². The molecule has 3 fully saturated rings. The zero-order valence-electron chi connectivity index (χ0n) is 32.4. The summed E-state index contributed by atoms with van der Waals surface area (Å²) in [4.78, 5) is 77.5. The number of carbonyl (C=O) groups excluding carboxylic acids is 5. The summed E-state index contributed by atoms with van der Waals surface area (Å²) in [5, 5.41) is 11.2. The maximum absolute atomic E-state index is 15.4. The molecule has 3 heterocycles. The monoisotopic (exact) mass is 880 g/mol. The van der Waals surface area contributed by atoms with E-state index in [0.29, 0.717) is 50.1 Å². The van der Waals surface area contributed by atoms with Gasteiger partial charge in [-0.05, 0) is 84.5 Å². The molecule has 0 bridgehead atoms. The number of aromatic nitrogens is 1. The van der Waals surface area contributed by atoms with Crippen LogP contribution in [0.3, 0.4) is 0 Å². The molecule has 5 aromatic rings. The van der Waals surface area contributed by atoms with Gasteiger partial charge in [0.05, 0.1) is 46.6 Å². The number of ketones is 1. The standard InChI is InChI=1S/C46H33Cl2F3N4O7/c1-62-36-19-25(9-18-35(36)56)38-30-16-17-31-37(43(60)54(41(31)58)29-14-7-24(8-15-29)39(57)23-5-3-2-4-6-23)32(30)21-33-42(59)55(44(61)45(33,38)26-10-12-28(47)13-11-26)53-40-34(48)20-27(22-52-40)46(49,50)51/h2-16,18-20,22,31-33,37-38,56H,17,21H2,1H3,(H,52,53). The number of hydrazine groups is 1. The van der Waals surface area contributed by atoms with Gasteiger partial charge in [0.25, 0.3) is 11.8 Å². The molecular weight excluding hydrogens is 848 g/mol. The molecule has 6 atom stereocenters. The summed E-state index contributed by atoms with van der Waals surface area (Å²) >= 11 is 12.6. The number of rotatable bonds is 8. The Morgan fingerprint density at radius 1 is 0.871 bits per heavy atom. The van der Waals surface area contributed by atoms with Crippen molar-refractivity contribution in [3.63, 3.8) is 0 Å². The number of methoxy groups -OCH3 is 1. The highest BCUT2D eigenvalue weighted by Crippen LogP contribution is 2.64. The first-order valence-electron chi connectivity index (χ1n) is 19.4. The van der Waals surface area contributed by atoms with Gasteiger partial charge in [0.1, 0.15) is 0 Å². The number of allylic oxidation sites excluding steroid dienone is 2. The van der Waals surface area contributed by atoms with Gasteiger partial charge in [0, 0.05) is 28.3 Å². The summed E-state index contributed by atoms with van der Waals surface area (Å²) in [5.41, 5.74) is 2.13. The maximum atomic E-state index is 15.4. The number of anilines is 2. The van der Waals surface area contributed by atoms with Crippen molar-refractivity contribution < 1.29 is 47.0 Å². The van der Waals surface area contributed by atoms with E-state index in [2.05, 4.69) is 10.4 Å². The van der Waals surface area contributed by atoms with Crippen LogP contribution in [0.15, 0.2) is 121 Å². The number of phenols is 1. The summed E-state index contributed by atoms with van der Waals surface area (Å²) in [6, 6.07) is 26.3. The average molecular weight is 882 g/mol. The molecule has 4 aliphatic rings. The minimum atomic E-state index is -4.78. The summed E-state index contributed by atoms with van der Waals surface area (Å²) in [6.07, 6.45) is -2.42. The van der Waals surface area contributed by atoms with Gasteiger partial charge in [-0.1, -0.05) is 83.4 Å². The van der Waals surface area contributed by atoms with Crippen LogP contribution in [0, 0.1) is 23.7 Å². The van der Waals surface area contributed by atoms with Gasteiger partial charge in [-0.2, -0.15) is 18.2 Å². The van der Waals surface area contributed by atoms with Crippen LogP contribution in [0.5, 0.6) is 11.5 Å². The normalized spacial score (nSPS) is 24.4. The van der Waals surface area contributed by atoms with Crippen molar-refractivity contribution in [2.24, 2.45) is 23.7 Å². The van der Waals surface area contributed by atoms with E-state index in [9.17, 15) is 37.5 Å². The predicted molar refractivity (Wildman–Crippen MR) is 220 cm³/mol. The number of imide groups is 2. The summed E-state index contributed by atoms with van der Waals surface area (Å²) < 4.78 is 46.2. The molecule has 1 saturated carbocycles. The number of fused-ring (bicyclic) bond motifs is 4. The number of benzene rings is 4. The lowest BCUT2D eigenvalue weighted by molar-refractivity contribution is -0.139. The topological polar surface area (TPSA) is 146 Å². The molecule has 6 unspecified atom stereocenters. The zero-order valence-corrected chi connectivity index (χ0v) is 33.9. The number of pyridine rings is 1. The summed E-state index contributed by atoms with van der Waals surface area (Å²) in [6.45, 7) is 0. The maximum Gasteiger partial charge on any atom is 0.417 e. The van der Waals surface area contributed by atoms with Gasteiger partial charge in [-0.3, -0.25) is 34.3 Å². The van der Waals surface area contributed by atoms with Crippen molar-refractivity contribution in [1.29, 1.82) is 0 Å². The fourth-order valence-corrected chi connectivity index (χ4v) is 10.1. The van der Waals surface area contributed by atoms with Crippen molar-refractivity contribution in [3.05, 3.63) is 159 Å². The second-order valence-corrected chi connectivity index (χ2v) is 16.4. The average Bonchev–Trinajstić information content (AvgIpc) is 3.64. The van der Waals surface area contributed by atoms with E-state index in [0.717, 1.165) is 4.90 Å². The van der Waals surface area contributed by atoms with Gasteiger partial charge in [-0.15, -0.1) is 0 Å². The van der Waals surface area contributed by atoms with E-state index in [1.165, 1.54) is 13.2 Å². The largest absolute Gasteiger partial charge is 0.504 e. The first kappa shape index (κ1) is 40.9. The SMILES string of the molecule is COc1cc(C2C3=CCC4C(=O)N(c5ccc(C(=O)c6ccccc6)cc5)C(=O)C4C3CC3C(=O)N(Nc4ncc(C(F)(F)F)cc4Cl)C(=O)C32c2ccc(Cl)cc2)ccc1O. The predicted octanol–water partition coefficient (Wildman–Crippen LogP) is 8.54. The molecule has 9 rings (SSSR count). The molecule has 11 nitrogen and oxygen atoms in total. The zero-order chi connectivity index (χ0) is 43.8. The van der Waals surface area contributed by atoms with E-state index in [1.807, 2.05) is 6.08 Å². The Bertz CT molecular complexity index is 2730. The first-order valence-corrected chi connectivity index (χ1v) is 20.2. The second kappa shape index (κ2) is 15.1. The van der Waals surface area contributed by atoms with Crippen molar-refractivity contribution in [2.45, 2.75) is 30.4 Å². The molecule has 4 amide bonds. The van der Waals surface area contributed by atoms with Crippen LogP contribution in [0.25, 0.3) is 0 Å². The minimum Gasteiger partial charge on any atom is -0.504 e. The molecule has 62 heavy (non-hydrogen) atoms. The quantitative estimate of drug-likeness (QED) is 0.0890. The summed E-state index contributed by atoms with van der Waals surface area (Å²) in [5.74, 6) is -8.24. The Hall–Kier alpha value is -6.51. The van der Waals surface area contributed by atoms with E-state index < -0.39 is 81.2 Å². The fourth-order valence-electron chi connectivity index (χ4n) is 9.80. The third kappa shape index (κ3) is 6.34. The lowest BCUT2D eigenvalue weighted by Crippen LogP contribution is -2.53. The van der Waals surface area contributed by atoms with E-state index in [1.54, 1.807) is 91.0 Å². The number of phenolic OH excluding ortho intramolecular Hbond substituents is 1. The number of hydrogen-bond acceptors (Lipinski definition) is 9. The molecular formula is C46H33Cl2F3N4O7. The Kier molecular flexibility index (Phi) is 9.98. The van der Waals surface area contributed by atoms with Gasteiger partial charge < -0.3 is 9.84 Å². The van der Waals surface area contributed by atoms with Crippen molar-refractivity contribution >= 4 is 64.1 Å². The lowest BCUT2D eigenvalue weighted by atomic mass is 9.49. The number of carbonyl (C=O) groups is 5. The van der Waals surface area contributed by atoms with E-state index >= 15 is 4.79 Å². The van der Waals surface area contributed by atoms with E-state index in [4.69, 9.17) is 27.9 Å². The van der Waals surface area contributed by atoms with Crippen molar-refractivity contribution in [3.8, 4) is 11.5 Å². The smallest absolute Gasteiger partial charge is 0.417 e. The third-order valence-electron chi connectivity index (χ3n) is 12.5. The highest BCUT2D eigenvalue weighted by molar-refractivity contribution is 6.33. The molecule has 2 aliphatic heterocycles. The van der Waals surface area contributed by atoms with Crippen LogP contribution in [0.4, 0.5) is 24.7 Å². The number of nitrogens with one attached hydrogen (secondary N) is 1. The van der Waals surface area contributed by atoms with Crippen LogP contribution in [-0.2, 0) is 30.8 Å². The first-order chi connectivity index (χ1) is 29.6. The lowest BCUT2D eigenvalue weighted by Gasteiger charge is -2.50. The third-order valence-corrected chi connectivity index (χ3v) is 13.1. The minimum absolute atomic E-state index is 0.0571. The number of aromatic hydroxyl groups is 1. The number of halogens is 5. The number of ether oxygens (including phenoxy) is 1. The molecule has 2 N–H and O–H groups in total. The molecule has 2 aliphatic carbocycles. The second-order valence-electron chi connectivity index (χ2n) is 15.6. The molecule has 0 spiro atoms. The number of amides is 4. The van der Waals surface area contributed by atoms with Gasteiger partial charge in [0.2, 0.25) is 11.8 Å². The van der Waals surface area contributed by atoms with Crippen molar-refractivity contribution in [1.82, 2.24) is 9.99 Å². The van der Waals surface area contributed by atoms with Crippen LogP contribution in [0.2, 0.25) is 10.0 Å². The Balaban J connectivity index is 1.16. The van der Waals surface area contributed by atoms with Crippen molar-refractivity contribution in [2.75, 3.05) is 17.4 Å². The van der Waals surface area contributed by atoms with Crippen LogP contribution < -0.4 is 15.1 Å². The highest BCUT2D eigenvalue weighted by atomic mass is 35.5. The number of alkyl halides is 3. The van der Waals surface area contributed by atoms with Crippen LogP contribution in [0.1, 0.15) is 51.4 Å². The molecule has 0 radical (unpaired) electrons. The highest BCUT2D eigenvalue weighted by Gasteiger charge is 2.70. The Morgan fingerprint density at radius 3 is 2.23 bits per heavy atom. The molecule has 4 aromatic carbocycles. The molecule has 16 heteroatoms. The van der Waals surface area contributed by atoms with E-state index in [-0.39, 0.29) is 35.8 Å². The summed E-state index contributed by atoms with van der Waals surface area (Å²) in [7, 11) is 1.35. The van der Waals surface area contributed by atoms with Gasteiger partial charge in [-0.25, -0.2) is 4.98 Å². The molecule has 2 saturated heterocycles.